The van der Waals surface area contributed by atoms with Crippen LogP contribution in [0, 0.1) is 11.6 Å². The summed E-state index contributed by atoms with van der Waals surface area (Å²) in [6.45, 7) is -1.21. The number of sulfonamides is 1. The van der Waals surface area contributed by atoms with E-state index in [2.05, 4.69) is 25.6 Å². The molecule has 0 spiro atoms. The molecule has 0 aliphatic heterocycles. The maximum Gasteiger partial charge on any atom is 0.405 e. The van der Waals surface area contributed by atoms with Crippen molar-refractivity contribution in [1.82, 2.24) is 15.0 Å². The van der Waals surface area contributed by atoms with Crippen LogP contribution in [0.15, 0.2) is 59.5 Å². The molecule has 0 aliphatic carbocycles. The van der Waals surface area contributed by atoms with E-state index in [0.29, 0.717) is 16.8 Å². The third kappa shape index (κ3) is 6.65. The van der Waals surface area contributed by atoms with E-state index < -0.39 is 39.3 Å². The first-order valence-corrected chi connectivity index (χ1v) is 12.2. The number of aromatic nitrogens is 3. The molecule has 194 valence electrons. The van der Waals surface area contributed by atoms with Gasteiger partial charge in [0, 0.05) is 12.1 Å². The minimum atomic E-state index is -4.52. The molecular weight excluding hydrogens is 519 g/mol. The maximum atomic E-state index is 14.0. The molecule has 0 fully saturated rings. The molecule has 4 rings (SSSR count). The van der Waals surface area contributed by atoms with Crippen molar-refractivity contribution in [1.29, 1.82) is 0 Å². The van der Waals surface area contributed by atoms with E-state index in [9.17, 15) is 30.4 Å². The number of nitrogens with one attached hydrogen (secondary N) is 2. The average molecular weight is 539 g/mol. The van der Waals surface area contributed by atoms with Gasteiger partial charge in [0.25, 0.3) is 0 Å². The number of pyridine rings is 1. The van der Waals surface area contributed by atoms with E-state index in [-0.39, 0.29) is 35.8 Å². The van der Waals surface area contributed by atoms with Crippen LogP contribution >= 0.6 is 0 Å². The molecule has 4 aromatic rings. The van der Waals surface area contributed by atoms with Crippen molar-refractivity contribution in [2.75, 3.05) is 23.7 Å². The van der Waals surface area contributed by atoms with Crippen LogP contribution < -0.4 is 15.8 Å². The summed E-state index contributed by atoms with van der Waals surface area (Å²) < 4.78 is 88.7. The van der Waals surface area contributed by atoms with Gasteiger partial charge < -0.3 is 10.6 Å². The largest absolute Gasteiger partial charge is 0.405 e. The van der Waals surface area contributed by atoms with Gasteiger partial charge in [-0.05, 0) is 60.5 Å². The Hall–Kier alpha value is -3.91. The minimum Gasteiger partial charge on any atom is -0.359 e. The van der Waals surface area contributed by atoms with Crippen LogP contribution in [0.4, 0.5) is 33.7 Å². The number of alkyl halides is 3. The molecule has 37 heavy (non-hydrogen) atoms. The van der Waals surface area contributed by atoms with Crippen LogP contribution in [0.2, 0.25) is 0 Å². The highest BCUT2D eigenvalue weighted by Crippen LogP contribution is 2.26. The average Bonchev–Trinajstić information content (AvgIpc) is 2.81. The van der Waals surface area contributed by atoms with Crippen LogP contribution in [0.3, 0.4) is 0 Å². The summed E-state index contributed by atoms with van der Waals surface area (Å²) in [5.74, 6) is -1.62. The Balaban J connectivity index is 1.58. The summed E-state index contributed by atoms with van der Waals surface area (Å²) in [4.78, 5) is 12.2. The predicted octanol–water partition coefficient (Wildman–Crippen LogP) is 4.25. The van der Waals surface area contributed by atoms with E-state index in [1.54, 1.807) is 12.1 Å². The predicted molar refractivity (Wildman–Crippen MR) is 127 cm³/mol. The van der Waals surface area contributed by atoms with Crippen molar-refractivity contribution in [3.8, 4) is 11.3 Å². The smallest absolute Gasteiger partial charge is 0.359 e. The van der Waals surface area contributed by atoms with Gasteiger partial charge in [0.05, 0.1) is 11.2 Å². The first kappa shape index (κ1) is 26.2. The van der Waals surface area contributed by atoms with Crippen LogP contribution in [-0.2, 0) is 16.4 Å². The first-order valence-electron chi connectivity index (χ1n) is 10.7. The maximum absolute atomic E-state index is 14.0. The Morgan fingerprint density at radius 3 is 2.27 bits per heavy atom. The second-order valence-corrected chi connectivity index (χ2v) is 9.45. The molecule has 0 bridgehead atoms. The monoisotopic (exact) mass is 538 g/mol. The molecule has 0 unspecified atom stereocenters. The SMILES string of the molecule is NS(=O)(=O)c1ccc(CCNc2nc(NCC(F)(F)F)c3nc(-c4ccc(F)cc4)ccc3n2)cc1F. The molecule has 8 nitrogen and oxygen atoms in total. The lowest BCUT2D eigenvalue weighted by atomic mass is 10.1. The van der Waals surface area contributed by atoms with Gasteiger partial charge in [0.1, 0.15) is 28.6 Å². The third-order valence-corrected chi connectivity index (χ3v) is 6.08. The van der Waals surface area contributed by atoms with Gasteiger partial charge in [-0.15, -0.1) is 0 Å². The lowest BCUT2D eigenvalue weighted by molar-refractivity contribution is -0.115. The fourth-order valence-corrected chi connectivity index (χ4v) is 4.02. The Morgan fingerprint density at radius 1 is 0.892 bits per heavy atom. The summed E-state index contributed by atoms with van der Waals surface area (Å²) in [5, 5.41) is 10.0. The second-order valence-electron chi connectivity index (χ2n) is 7.92. The van der Waals surface area contributed by atoms with Crippen molar-refractivity contribution in [2.24, 2.45) is 5.14 Å². The molecule has 2 aromatic carbocycles. The number of nitrogens with two attached hydrogens (primary N) is 1. The van der Waals surface area contributed by atoms with Gasteiger partial charge in [-0.2, -0.15) is 18.2 Å². The molecule has 2 aromatic heterocycles. The highest BCUT2D eigenvalue weighted by molar-refractivity contribution is 7.89. The molecule has 2 heterocycles. The van der Waals surface area contributed by atoms with Gasteiger partial charge >= 0.3 is 6.18 Å². The van der Waals surface area contributed by atoms with Crippen molar-refractivity contribution < 1.29 is 30.4 Å². The standard InChI is InChI=1S/C23H19F5N6O2S/c24-15-4-2-14(3-5-15)17-6-7-18-20(32-17)21(31-12-23(26,27)28)34-22(33-18)30-10-9-13-1-8-19(16(25)11-13)37(29,35)36/h1-8,11H,9-10,12H2,(H2,29,35,36)(H2,30,31,33,34). The molecule has 0 atom stereocenters. The van der Waals surface area contributed by atoms with Gasteiger partial charge in [0.15, 0.2) is 5.82 Å². The number of nitrogens with zero attached hydrogens (tertiary/aromatic N) is 3. The Morgan fingerprint density at radius 2 is 1.62 bits per heavy atom. The zero-order chi connectivity index (χ0) is 26.8. The van der Waals surface area contributed by atoms with E-state index in [4.69, 9.17) is 5.14 Å². The zero-order valence-corrected chi connectivity index (χ0v) is 19.7. The number of hydrogen-bond acceptors (Lipinski definition) is 7. The summed E-state index contributed by atoms with van der Waals surface area (Å²) >= 11 is 0. The van der Waals surface area contributed by atoms with Crippen LogP contribution in [0.5, 0.6) is 0 Å². The fourth-order valence-electron chi connectivity index (χ4n) is 3.43. The number of rotatable bonds is 8. The van der Waals surface area contributed by atoms with E-state index in [1.165, 1.54) is 30.3 Å². The van der Waals surface area contributed by atoms with Crippen molar-refractivity contribution in [2.45, 2.75) is 17.5 Å². The van der Waals surface area contributed by atoms with Gasteiger partial charge in [-0.3, -0.25) is 0 Å². The molecule has 0 saturated heterocycles. The van der Waals surface area contributed by atoms with Crippen molar-refractivity contribution in [3.63, 3.8) is 0 Å². The van der Waals surface area contributed by atoms with Crippen LogP contribution in [0.25, 0.3) is 22.3 Å². The lowest BCUT2D eigenvalue weighted by Crippen LogP contribution is -2.22. The van der Waals surface area contributed by atoms with Gasteiger partial charge in [-0.1, -0.05) is 6.07 Å². The molecule has 0 radical (unpaired) electrons. The van der Waals surface area contributed by atoms with E-state index in [0.717, 1.165) is 12.1 Å². The quantitative estimate of drug-likeness (QED) is 0.287. The first-order chi connectivity index (χ1) is 17.4. The van der Waals surface area contributed by atoms with Crippen LogP contribution in [0.1, 0.15) is 5.56 Å². The third-order valence-electron chi connectivity index (χ3n) is 5.14. The number of anilines is 2. The zero-order valence-electron chi connectivity index (χ0n) is 18.9. The Labute approximate surface area is 207 Å². The molecule has 0 saturated carbocycles. The molecule has 0 aliphatic rings. The number of fused-ring (bicyclic) bond motifs is 1. The highest BCUT2D eigenvalue weighted by atomic mass is 32.2. The number of benzene rings is 2. The van der Waals surface area contributed by atoms with E-state index in [1.807, 2.05) is 0 Å². The summed E-state index contributed by atoms with van der Waals surface area (Å²) in [7, 11) is -4.20. The minimum absolute atomic E-state index is 0.00450. The van der Waals surface area contributed by atoms with E-state index >= 15 is 0 Å². The van der Waals surface area contributed by atoms with Crippen molar-refractivity contribution >= 4 is 32.8 Å². The molecular formula is C23H19F5N6O2S. The molecule has 14 heteroatoms. The summed E-state index contributed by atoms with van der Waals surface area (Å²) in [6, 6.07) is 12.1. The Kier molecular flexibility index (Phi) is 7.23. The highest BCUT2D eigenvalue weighted by Gasteiger charge is 2.27. The van der Waals surface area contributed by atoms with Crippen molar-refractivity contribution in [3.05, 3.63) is 71.8 Å². The van der Waals surface area contributed by atoms with Gasteiger partial charge in [0.2, 0.25) is 16.0 Å². The second kappa shape index (κ2) is 10.2. The number of hydrogen-bond donors (Lipinski definition) is 3. The lowest BCUT2D eigenvalue weighted by Gasteiger charge is -2.13. The number of halogens is 5. The summed E-state index contributed by atoms with van der Waals surface area (Å²) in [6.07, 6.45) is -4.30. The van der Waals surface area contributed by atoms with Gasteiger partial charge in [-0.25, -0.2) is 32.3 Å². The normalized spacial score (nSPS) is 12.1. The Bertz CT molecular complexity index is 1550. The molecule has 0 amide bonds. The fraction of sp³-hybridized carbons (Fsp3) is 0.174. The molecule has 4 N–H and O–H groups in total. The summed E-state index contributed by atoms with van der Waals surface area (Å²) in [5.41, 5.74) is 1.71. The topological polar surface area (TPSA) is 123 Å². The van der Waals surface area contributed by atoms with Crippen LogP contribution in [-0.4, -0.2) is 42.6 Å². The number of primary sulfonamides is 1.